The van der Waals surface area contributed by atoms with E-state index in [0.29, 0.717) is 0 Å². The summed E-state index contributed by atoms with van der Waals surface area (Å²) in [6, 6.07) is 4.39. The number of hydrogen-bond acceptors (Lipinski definition) is 3. The van der Waals surface area contributed by atoms with Gasteiger partial charge in [-0.25, -0.2) is 0 Å². The van der Waals surface area contributed by atoms with Crippen LogP contribution in [-0.2, 0) is 4.79 Å². The maximum Gasteiger partial charge on any atom is 0.586 e. The van der Waals surface area contributed by atoms with Crippen molar-refractivity contribution >= 4 is 11.6 Å². The zero-order valence-corrected chi connectivity index (χ0v) is 8.70. The third-order valence-electron chi connectivity index (χ3n) is 2.63. The summed E-state index contributed by atoms with van der Waals surface area (Å²) < 4.78 is 34.4. The second-order valence-corrected chi connectivity index (χ2v) is 4.06. The predicted octanol–water partition coefficient (Wildman–Crippen LogP) is 2.36. The largest absolute Gasteiger partial charge is 0.586 e. The Balaban J connectivity index is 1.86. The van der Waals surface area contributed by atoms with Crippen molar-refractivity contribution in [2.75, 3.05) is 5.32 Å². The lowest BCUT2D eigenvalue weighted by atomic mass is 10.2. The summed E-state index contributed by atoms with van der Waals surface area (Å²) >= 11 is 0. The van der Waals surface area contributed by atoms with Gasteiger partial charge in [0.1, 0.15) is 0 Å². The van der Waals surface area contributed by atoms with E-state index >= 15 is 0 Å². The van der Waals surface area contributed by atoms with Gasteiger partial charge in [0.05, 0.1) is 5.69 Å². The summed E-state index contributed by atoms with van der Waals surface area (Å²) in [4.78, 5) is 11.5. The van der Waals surface area contributed by atoms with Gasteiger partial charge < -0.3 is 14.8 Å². The first kappa shape index (κ1) is 10.3. The van der Waals surface area contributed by atoms with Crippen molar-refractivity contribution in [1.82, 2.24) is 0 Å². The molecular weight excluding hydrogens is 232 g/mol. The Bertz CT molecular complexity index is 486. The van der Waals surface area contributed by atoms with Crippen LogP contribution in [0.25, 0.3) is 0 Å². The fourth-order valence-electron chi connectivity index (χ4n) is 1.65. The molecule has 0 bridgehead atoms. The van der Waals surface area contributed by atoms with Crippen LogP contribution in [0.15, 0.2) is 18.2 Å². The number of ether oxygens (including phenoxy) is 2. The summed E-state index contributed by atoms with van der Waals surface area (Å²) in [6.45, 7) is 0. The maximum atomic E-state index is 12.9. The quantitative estimate of drug-likeness (QED) is 0.864. The number of nitrogens with one attached hydrogen (secondary N) is 1. The lowest BCUT2D eigenvalue weighted by molar-refractivity contribution is -0.286. The normalized spacial score (nSPS) is 20.1. The molecular formula is C11H9F2NO3. The molecule has 4 nitrogen and oxygen atoms in total. The number of benzene rings is 1. The molecule has 0 aromatic heterocycles. The third kappa shape index (κ3) is 1.90. The van der Waals surface area contributed by atoms with E-state index < -0.39 is 6.29 Å². The second kappa shape index (κ2) is 3.32. The van der Waals surface area contributed by atoms with Gasteiger partial charge in [-0.2, -0.15) is 0 Å². The number of hydrogen-bond donors (Lipinski definition) is 1. The average molecular weight is 241 g/mol. The number of carbonyl (C=O) groups excluding carboxylic acids is 1. The van der Waals surface area contributed by atoms with Crippen LogP contribution in [0, 0.1) is 5.92 Å². The van der Waals surface area contributed by atoms with Crippen molar-refractivity contribution in [2.24, 2.45) is 5.92 Å². The van der Waals surface area contributed by atoms with Crippen LogP contribution in [0.2, 0.25) is 0 Å². The first-order valence-corrected chi connectivity index (χ1v) is 5.25. The highest BCUT2D eigenvalue weighted by atomic mass is 19.3. The molecule has 0 atom stereocenters. The molecule has 1 aliphatic carbocycles. The van der Waals surface area contributed by atoms with Gasteiger partial charge in [-0.3, -0.25) is 4.79 Å². The minimum atomic E-state index is -3.66. The number of rotatable bonds is 2. The Hall–Kier alpha value is -1.85. The highest BCUT2D eigenvalue weighted by Gasteiger charge is 2.45. The van der Waals surface area contributed by atoms with E-state index in [1.807, 2.05) is 0 Å². The molecule has 0 radical (unpaired) electrons. The summed E-state index contributed by atoms with van der Waals surface area (Å²) in [5, 5.41) is 2.56. The van der Waals surface area contributed by atoms with Gasteiger partial charge in [0.25, 0.3) is 0 Å². The maximum absolute atomic E-state index is 12.9. The van der Waals surface area contributed by atoms with Crippen LogP contribution in [-0.4, -0.2) is 12.2 Å². The van der Waals surface area contributed by atoms with Gasteiger partial charge >= 0.3 is 6.29 Å². The molecule has 3 rings (SSSR count). The molecule has 0 spiro atoms. The molecule has 0 saturated heterocycles. The van der Waals surface area contributed by atoms with Crippen LogP contribution >= 0.6 is 0 Å². The molecule has 0 unspecified atom stereocenters. The predicted molar refractivity (Wildman–Crippen MR) is 54.0 cm³/mol. The monoisotopic (exact) mass is 241 g/mol. The van der Waals surface area contributed by atoms with Gasteiger partial charge in [0, 0.05) is 5.92 Å². The first-order valence-electron chi connectivity index (χ1n) is 5.25. The molecule has 1 saturated carbocycles. The van der Waals surface area contributed by atoms with Crippen LogP contribution in [0.1, 0.15) is 12.8 Å². The summed E-state index contributed by atoms with van der Waals surface area (Å²) in [6.07, 6.45) is -1.98. The molecule has 6 heteroatoms. The smallest absolute Gasteiger partial charge is 0.395 e. The number of amides is 1. The van der Waals surface area contributed by atoms with E-state index in [-0.39, 0.29) is 29.0 Å². The molecule has 1 aromatic carbocycles. The molecule has 1 aliphatic heterocycles. The fraction of sp³-hybridized carbons (Fsp3) is 0.364. The van der Waals surface area contributed by atoms with Crippen molar-refractivity contribution in [3.8, 4) is 11.5 Å². The highest BCUT2D eigenvalue weighted by molar-refractivity contribution is 5.95. The van der Waals surface area contributed by atoms with Gasteiger partial charge in [0.15, 0.2) is 11.5 Å². The number of anilines is 1. The topological polar surface area (TPSA) is 47.6 Å². The van der Waals surface area contributed by atoms with E-state index in [2.05, 4.69) is 14.8 Å². The molecule has 1 amide bonds. The SMILES string of the molecule is O=C(Nc1cccc2c1OC(F)(F)O2)C1CC1. The lowest BCUT2D eigenvalue weighted by Crippen LogP contribution is -2.26. The van der Waals surface area contributed by atoms with Crippen LogP contribution < -0.4 is 14.8 Å². The number of alkyl halides is 2. The van der Waals surface area contributed by atoms with Gasteiger partial charge in [-0.15, -0.1) is 8.78 Å². The molecule has 1 aromatic rings. The van der Waals surface area contributed by atoms with Crippen LogP contribution in [0.5, 0.6) is 11.5 Å². The standard InChI is InChI=1S/C11H9F2NO3/c12-11(13)16-8-3-1-2-7(9(8)17-11)14-10(15)6-4-5-6/h1-3,6H,4-5H2,(H,14,15). The summed E-state index contributed by atoms with van der Waals surface area (Å²) in [5.41, 5.74) is 0.219. The van der Waals surface area contributed by atoms with Gasteiger partial charge in [0.2, 0.25) is 5.91 Å². The zero-order chi connectivity index (χ0) is 12.0. The van der Waals surface area contributed by atoms with E-state index in [9.17, 15) is 13.6 Å². The minimum absolute atomic E-state index is 0.00584. The van der Waals surface area contributed by atoms with Crippen molar-refractivity contribution in [3.63, 3.8) is 0 Å². The van der Waals surface area contributed by atoms with E-state index in [1.54, 1.807) is 0 Å². The zero-order valence-electron chi connectivity index (χ0n) is 8.70. The molecule has 1 heterocycles. The molecule has 2 aliphatic rings. The highest BCUT2D eigenvalue weighted by Crippen LogP contribution is 2.46. The Morgan fingerprint density at radius 3 is 2.82 bits per heavy atom. The van der Waals surface area contributed by atoms with Crippen molar-refractivity contribution in [1.29, 1.82) is 0 Å². The second-order valence-electron chi connectivity index (χ2n) is 4.06. The van der Waals surface area contributed by atoms with Gasteiger partial charge in [-0.05, 0) is 25.0 Å². The number of carbonyl (C=O) groups is 1. The van der Waals surface area contributed by atoms with Crippen molar-refractivity contribution < 1.29 is 23.0 Å². The molecule has 17 heavy (non-hydrogen) atoms. The van der Waals surface area contributed by atoms with Crippen molar-refractivity contribution in [2.45, 2.75) is 19.1 Å². The van der Waals surface area contributed by atoms with Crippen molar-refractivity contribution in [3.05, 3.63) is 18.2 Å². The Morgan fingerprint density at radius 1 is 1.35 bits per heavy atom. The van der Waals surface area contributed by atoms with E-state index in [1.165, 1.54) is 18.2 Å². The Morgan fingerprint density at radius 2 is 2.12 bits per heavy atom. The number of halogens is 2. The van der Waals surface area contributed by atoms with Crippen LogP contribution in [0.3, 0.4) is 0 Å². The summed E-state index contributed by atoms with van der Waals surface area (Å²) in [7, 11) is 0. The molecule has 1 N–H and O–H groups in total. The van der Waals surface area contributed by atoms with Crippen LogP contribution in [0.4, 0.5) is 14.5 Å². The summed E-state index contributed by atoms with van der Waals surface area (Å²) in [5.74, 6) is -0.360. The number of fused-ring (bicyclic) bond motifs is 1. The number of para-hydroxylation sites is 1. The molecule has 90 valence electrons. The Kier molecular flexibility index (Phi) is 2.01. The first-order chi connectivity index (χ1) is 8.05. The van der Waals surface area contributed by atoms with E-state index in [0.717, 1.165) is 12.8 Å². The lowest BCUT2D eigenvalue weighted by Gasteiger charge is -2.08. The Labute approximate surface area is 95.5 Å². The minimum Gasteiger partial charge on any atom is -0.395 e. The van der Waals surface area contributed by atoms with Gasteiger partial charge in [-0.1, -0.05) is 6.07 Å². The fourth-order valence-corrected chi connectivity index (χ4v) is 1.65. The third-order valence-corrected chi connectivity index (χ3v) is 2.63. The van der Waals surface area contributed by atoms with E-state index in [4.69, 9.17) is 0 Å². The average Bonchev–Trinajstić information content (AvgIpc) is 3.01. The molecule has 1 fully saturated rings.